The Morgan fingerprint density at radius 1 is 1.21 bits per heavy atom. The van der Waals surface area contributed by atoms with Gasteiger partial charge in [-0.1, -0.05) is 36.4 Å². The monoisotopic (exact) mass is 351 g/mol. The van der Waals surface area contributed by atoms with Gasteiger partial charge in [0.1, 0.15) is 18.1 Å². The molecule has 0 bridgehead atoms. The molecule has 2 aromatic rings. The van der Waals surface area contributed by atoms with Gasteiger partial charge in [-0.3, -0.25) is 4.79 Å². The molecule has 0 aliphatic heterocycles. The Kier molecular flexibility index (Phi) is 8.09. The van der Waals surface area contributed by atoms with Crippen LogP contribution in [-0.4, -0.2) is 17.7 Å². The highest BCUT2D eigenvalue weighted by atomic mass is 35.5. The SMILES string of the molecule is CCOC(=O)C[C@H](N)c1ccc(OCc2ccccc2)cc1O.Cl. The molecule has 24 heavy (non-hydrogen) atoms. The number of esters is 1. The van der Waals surface area contributed by atoms with Gasteiger partial charge in [0.2, 0.25) is 0 Å². The fraction of sp³-hybridized carbons (Fsp3) is 0.278. The molecule has 0 fully saturated rings. The average molecular weight is 352 g/mol. The summed E-state index contributed by atoms with van der Waals surface area (Å²) in [6.45, 7) is 2.46. The predicted molar refractivity (Wildman–Crippen MR) is 94.3 cm³/mol. The molecule has 0 amide bonds. The Morgan fingerprint density at radius 3 is 2.54 bits per heavy atom. The number of ether oxygens (including phenoxy) is 2. The lowest BCUT2D eigenvalue weighted by atomic mass is 10.0. The van der Waals surface area contributed by atoms with Crippen LogP contribution in [0.4, 0.5) is 0 Å². The molecule has 5 nitrogen and oxygen atoms in total. The van der Waals surface area contributed by atoms with E-state index in [1.165, 1.54) is 6.07 Å². The molecule has 3 N–H and O–H groups in total. The minimum Gasteiger partial charge on any atom is -0.507 e. The number of aromatic hydroxyl groups is 1. The number of phenolic OH excluding ortho intramolecular Hbond substituents is 1. The second-order valence-corrected chi connectivity index (χ2v) is 5.11. The summed E-state index contributed by atoms with van der Waals surface area (Å²) in [5, 5.41) is 10.1. The summed E-state index contributed by atoms with van der Waals surface area (Å²) in [5.74, 6) is 0.162. The Labute approximate surface area is 147 Å². The number of nitrogens with two attached hydrogens (primary N) is 1. The molecule has 0 unspecified atom stereocenters. The van der Waals surface area contributed by atoms with Crippen molar-refractivity contribution < 1.29 is 19.4 Å². The summed E-state index contributed by atoms with van der Waals surface area (Å²) in [4.78, 5) is 11.5. The van der Waals surface area contributed by atoms with Gasteiger partial charge in [0.25, 0.3) is 0 Å². The Balaban J connectivity index is 0.00000288. The molecular formula is C18H22ClNO4. The molecule has 130 valence electrons. The number of carbonyl (C=O) groups is 1. The molecule has 0 saturated carbocycles. The Morgan fingerprint density at radius 2 is 1.92 bits per heavy atom. The number of hydrogen-bond acceptors (Lipinski definition) is 5. The van der Waals surface area contributed by atoms with E-state index >= 15 is 0 Å². The zero-order valence-electron chi connectivity index (χ0n) is 13.5. The van der Waals surface area contributed by atoms with Crippen molar-refractivity contribution in [3.63, 3.8) is 0 Å². The minimum atomic E-state index is -0.614. The lowest BCUT2D eigenvalue weighted by molar-refractivity contribution is -0.143. The van der Waals surface area contributed by atoms with E-state index in [1.807, 2.05) is 30.3 Å². The smallest absolute Gasteiger partial charge is 0.307 e. The van der Waals surface area contributed by atoms with Crippen LogP contribution in [0, 0.1) is 0 Å². The maximum absolute atomic E-state index is 11.5. The number of benzene rings is 2. The molecule has 0 aromatic heterocycles. The first-order valence-electron chi connectivity index (χ1n) is 7.51. The van der Waals surface area contributed by atoms with Crippen molar-refractivity contribution in [2.45, 2.75) is 26.0 Å². The van der Waals surface area contributed by atoms with E-state index in [0.717, 1.165) is 5.56 Å². The zero-order valence-corrected chi connectivity index (χ0v) is 14.3. The minimum absolute atomic E-state index is 0. The van der Waals surface area contributed by atoms with Crippen LogP contribution in [0.25, 0.3) is 0 Å². The molecule has 0 radical (unpaired) electrons. The molecule has 1 atom stereocenters. The summed E-state index contributed by atoms with van der Waals surface area (Å²) in [7, 11) is 0. The van der Waals surface area contributed by atoms with Gasteiger partial charge < -0.3 is 20.3 Å². The number of rotatable bonds is 7. The number of phenols is 1. The average Bonchev–Trinajstić information content (AvgIpc) is 2.54. The third kappa shape index (κ3) is 5.76. The van der Waals surface area contributed by atoms with Gasteiger partial charge in [-0.15, -0.1) is 12.4 Å². The van der Waals surface area contributed by atoms with Crippen molar-refractivity contribution in [1.29, 1.82) is 0 Å². The van der Waals surface area contributed by atoms with Gasteiger partial charge in [-0.05, 0) is 18.6 Å². The lowest BCUT2D eigenvalue weighted by Gasteiger charge is -2.14. The van der Waals surface area contributed by atoms with E-state index < -0.39 is 6.04 Å². The van der Waals surface area contributed by atoms with Crippen LogP contribution in [-0.2, 0) is 16.1 Å². The number of carbonyl (C=O) groups excluding carboxylic acids is 1. The van der Waals surface area contributed by atoms with Crippen molar-refractivity contribution in [3.05, 3.63) is 59.7 Å². The first kappa shape index (κ1) is 19.8. The number of halogens is 1. The first-order chi connectivity index (χ1) is 11.1. The third-order valence-electron chi connectivity index (χ3n) is 3.34. The van der Waals surface area contributed by atoms with Crippen molar-refractivity contribution in [2.75, 3.05) is 6.61 Å². The van der Waals surface area contributed by atoms with Crippen LogP contribution in [0.5, 0.6) is 11.5 Å². The normalized spacial score (nSPS) is 11.2. The van der Waals surface area contributed by atoms with E-state index in [2.05, 4.69) is 0 Å². The van der Waals surface area contributed by atoms with Crippen LogP contribution in [0.2, 0.25) is 0 Å². The molecule has 0 aliphatic rings. The molecule has 6 heteroatoms. The highest BCUT2D eigenvalue weighted by Crippen LogP contribution is 2.29. The van der Waals surface area contributed by atoms with Crippen LogP contribution in [0.3, 0.4) is 0 Å². The molecule has 0 heterocycles. The highest BCUT2D eigenvalue weighted by molar-refractivity contribution is 5.85. The van der Waals surface area contributed by atoms with E-state index in [4.69, 9.17) is 15.2 Å². The maximum Gasteiger partial charge on any atom is 0.307 e. The van der Waals surface area contributed by atoms with Crippen LogP contribution in [0.15, 0.2) is 48.5 Å². The van der Waals surface area contributed by atoms with Crippen LogP contribution < -0.4 is 10.5 Å². The summed E-state index contributed by atoms with van der Waals surface area (Å²) in [6.07, 6.45) is 0.0195. The quantitative estimate of drug-likeness (QED) is 0.747. The topological polar surface area (TPSA) is 81.8 Å². The van der Waals surface area contributed by atoms with E-state index in [1.54, 1.807) is 19.1 Å². The largest absolute Gasteiger partial charge is 0.507 e. The first-order valence-corrected chi connectivity index (χ1v) is 7.51. The fourth-order valence-corrected chi connectivity index (χ4v) is 2.18. The molecule has 0 saturated heterocycles. The van der Waals surface area contributed by atoms with Gasteiger partial charge in [-0.2, -0.15) is 0 Å². The molecule has 2 aromatic carbocycles. The van der Waals surface area contributed by atoms with Crippen LogP contribution >= 0.6 is 12.4 Å². The summed E-state index contributed by atoms with van der Waals surface area (Å²) >= 11 is 0. The second kappa shape index (κ2) is 9.80. The Bertz CT molecular complexity index is 649. The maximum atomic E-state index is 11.5. The van der Waals surface area contributed by atoms with Gasteiger partial charge in [0, 0.05) is 17.7 Å². The second-order valence-electron chi connectivity index (χ2n) is 5.11. The van der Waals surface area contributed by atoms with Gasteiger partial charge >= 0.3 is 5.97 Å². The highest BCUT2D eigenvalue weighted by Gasteiger charge is 2.16. The zero-order chi connectivity index (χ0) is 16.7. The van der Waals surface area contributed by atoms with E-state index in [-0.39, 0.29) is 30.5 Å². The number of hydrogen-bond donors (Lipinski definition) is 2. The van der Waals surface area contributed by atoms with E-state index in [0.29, 0.717) is 24.5 Å². The third-order valence-corrected chi connectivity index (χ3v) is 3.34. The summed E-state index contributed by atoms with van der Waals surface area (Å²) in [5.41, 5.74) is 7.47. The Hall–Kier alpha value is -2.24. The molecular weight excluding hydrogens is 330 g/mol. The van der Waals surface area contributed by atoms with Crippen molar-refractivity contribution in [1.82, 2.24) is 0 Å². The lowest BCUT2D eigenvalue weighted by Crippen LogP contribution is -2.17. The standard InChI is InChI=1S/C18H21NO4.ClH/c1-2-22-18(21)11-16(19)15-9-8-14(10-17(15)20)23-12-13-6-4-3-5-7-13;/h3-10,16,20H,2,11-12,19H2,1H3;1H/t16-;/m0./s1. The van der Waals surface area contributed by atoms with Crippen LogP contribution in [0.1, 0.15) is 30.5 Å². The van der Waals surface area contributed by atoms with E-state index in [9.17, 15) is 9.90 Å². The van der Waals surface area contributed by atoms with Crippen molar-refractivity contribution >= 4 is 18.4 Å². The molecule has 0 aliphatic carbocycles. The molecule has 0 spiro atoms. The van der Waals surface area contributed by atoms with Gasteiger partial charge in [-0.25, -0.2) is 0 Å². The summed E-state index contributed by atoms with van der Waals surface area (Å²) < 4.78 is 10.5. The fourth-order valence-electron chi connectivity index (χ4n) is 2.18. The summed E-state index contributed by atoms with van der Waals surface area (Å²) in [6, 6.07) is 14.0. The van der Waals surface area contributed by atoms with Crippen molar-refractivity contribution in [3.8, 4) is 11.5 Å². The molecule has 2 rings (SSSR count). The van der Waals surface area contributed by atoms with Gasteiger partial charge in [0.15, 0.2) is 0 Å². The van der Waals surface area contributed by atoms with Gasteiger partial charge in [0.05, 0.1) is 13.0 Å². The van der Waals surface area contributed by atoms with Crippen molar-refractivity contribution in [2.24, 2.45) is 5.73 Å². The predicted octanol–water partition coefficient (Wildman–Crippen LogP) is 3.35.